The lowest BCUT2D eigenvalue weighted by molar-refractivity contribution is -0.131. The van der Waals surface area contributed by atoms with Crippen LogP contribution in [0.3, 0.4) is 0 Å². The van der Waals surface area contributed by atoms with E-state index in [0.717, 1.165) is 24.3 Å². The van der Waals surface area contributed by atoms with E-state index in [1.165, 1.54) is 9.77 Å². The summed E-state index contributed by atoms with van der Waals surface area (Å²) in [5, 5.41) is 2.08. The minimum Gasteiger partial charge on any atom is -0.338 e. The largest absolute Gasteiger partial charge is 0.338 e. The van der Waals surface area contributed by atoms with Crippen LogP contribution in [0.15, 0.2) is 77.3 Å². The topological polar surface area (TPSA) is 33.2 Å². The summed E-state index contributed by atoms with van der Waals surface area (Å²) in [7, 11) is 0. The number of carbonyl (C=O) groups excluding carboxylic acids is 1. The first-order valence-corrected chi connectivity index (χ1v) is 10.5. The van der Waals surface area contributed by atoms with Crippen molar-refractivity contribution in [2.45, 2.75) is 24.3 Å². The van der Waals surface area contributed by atoms with Crippen molar-refractivity contribution in [3.63, 3.8) is 0 Å². The summed E-state index contributed by atoms with van der Waals surface area (Å²) in [6, 6.07) is 18.4. The van der Waals surface area contributed by atoms with Gasteiger partial charge in [-0.2, -0.15) is 0 Å². The van der Waals surface area contributed by atoms with Gasteiger partial charge in [0.25, 0.3) is 0 Å². The summed E-state index contributed by atoms with van der Waals surface area (Å²) in [5.74, 6) is 1.000. The summed E-state index contributed by atoms with van der Waals surface area (Å²) in [4.78, 5) is 21.4. The van der Waals surface area contributed by atoms with Gasteiger partial charge in [-0.1, -0.05) is 30.3 Å². The molecule has 134 valence electrons. The maximum atomic E-state index is 12.8. The van der Waals surface area contributed by atoms with Gasteiger partial charge >= 0.3 is 0 Å². The quantitative estimate of drug-likeness (QED) is 0.494. The van der Waals surface area contributed by atoms with Gasteiger partial charge < -0.3 is 4.90 Å². The Kier molecular flexibility index (Phi) is 7.28. The van der Waals surface area contributed by atoms with Crippen molar-refractivity contribution in [2.75, 3.05) is 12.3 Å². The van der Waals surface area contributed by atoms with Gasteiger partial charge in [-0.25, -0.2) is 0 Å². The van der Waals surface area contributed by atoms with Gasteiger partial charge in [-0.05, 0) is 41.6 Å². The molecule has 0 aliphatic heterocycles. The van der Waals surface area contributed by atoms with Crippen LogP contribution in [-0.2, 0) is 17.8 Å². The van der Waals surface area contributed by atoms with Crippen LogP contribution in [0.5, 0.6) is 0 Å². The highest BCUT2D eigenvalue weighted by molar-refractivity contribution is 7.99. The Hall–Kier alpha value is -2.11. The lowest BCUT2D eigenvalue weighted by Gasteiger charge is -2.22. The first kappa shape index (κ1) is 18.7. The van der Waals surface area contributed by atoms with E-state index in [1.807, 2.05) is 41.4 Å². The Labute approximate surface area is 163 Å². The van der Waals surface area contributed by atoms with Crippen molar-refractivity contribution in [3.8, 4) is 0 Å². The minimum absolute atomic E-state index is 0.203. The van der Waals surface area contributed by atoms with Crippen molar-refractivity contribution in [1.29, 1.82) is 0 Å². The summed E-state index contributed by atoms with van der Waals surface area (Å²) in [5.41, 5.74) is 1.07. The zero-order valence-electron chi connectivity index (χ0n) is 14.6. The number of carbonyl (C=O) groups is 1. The highest BCUT2D eigenvalue weighted by Gasteiger charge is 2.14. The number of thiophene rings is 1. The Morgan fingerprint density at radius 2 is 1.96 bits per heavy atom. The first-order valence-electron chi connectivity index (χ1n) is 8.68. The van der Waals surface area contributed by atoms with Crippen LogP contribution in [-0.4, -0.2) is 28.1 Å². The Morgan fingerprint density at radius 3 is 2.69 bits per heavy atom. The van der Waals surface area contributed by atoms with Crippen LogP contribution in [0.2, 0.25) is 0 Å². The normalized spacial score (nSPS) is 10.6. The Morgan fingerprint density at radius 1 is 1.08 bits per heavy atom. The van der Waals surface area contributed by atoms with Gasteiger partial charge in [0.2, 0.25) is 5.91 Å². The molecule has 0 saturated heterocycles. The summed E-state index contributed by atoms with van der Waals surface area (Å²) in [6.07, 6.45) is 5.04. The smallest absolute Gasteiger partial charge is 0.223 e. The number of nitrogens with zero attached hydrogens (tertiary/aromatic N) is 2. The molecule has 3 nitrogen and oxygen atoms in total. The second kappa shape index (κ2) is 10.1. The highest BCUT2D eigenvalue weighted by atomic mass is 32.2. The lowest BCUT2D eigenvalue weighted by Crippen LogP contribution is -2.32. The molecule has 2 aromatic heterocycles. The average Bonchev–Trinajstić information content (AvgIpc) is 3.20. The second-order valence-corrected chi connectivity index (χ2v) is 8.12. The maximum Gasteiger partial charge on any atom is 0.223 e. The zero-order chi connectivity index (χ0) is 18.0. The third kappa shape index (κ3) is 6.00. The third-order valence-corrected chi connectivity index (χ3v) is 5.93. The molecule has 3 rings (SSSR count). The van der Waals surface area contributed by atoms with Gasteiger partial charge in [0.05, 0.1) is 0 Å². The molecule has 2 heterocycles. The number of thioether (sulfide) groups is 1. The number of pyridine rings is 1. The zero-order valence-corrected chi connectivity index (χ0v) is 16.2. The van der Waals surface area contributed by atoms with Crippen LogP contribution < -0.4 is 0 Å². The molecule has 0 spiro atoms. The van der Waals surface area contributed by atoms with Gasteiger partial charge in [-0.15, -0.1) is 23.1 Å². The molecule has 3 aromatic rings. The van der Waals surface area contributed by atoms with Crippen molar-refractivity contribution in [2.24, 2.45) is 0 Å². The maximum absolute atomic E-state index is 12.8. The van der Waals surface area contributed by atoms with Gasteiger partial charge in [0.15, 0.2) is 0 Å². The van der Waals surface area contributed by atoms with E-state index in [-0.39, 0.29) is 5.91 Å². The fourth-order valence-electron chi connectivity index (χ4n) is 2.63. The average molecular weight is 383 g/mol. The molecule has 0 aliphatic carbocycles. The molecule has 0 unspecified atom stereocenters. The summed E-state index contributed by atoms with van der Waals surface area (Å²) in [6.45, 7) is 1.36. The molecule has 1 amide bonds. The predicted molar refractivity (Wildman–Crippen MR) is 109 cm³/mol. The van der Waals surface area contributed by atoms with E-state index in [0.29, 0.717) is 13.0 Å². The highest BCUT2D eigenvalue weighted by Crippen LogP contribution is 2.19. The van der Waals surface area contributed by atoms with Crippen molar-refractivity contribution in [3.05, 3.63) is 82.8 Å². The molecule has 0 saturated carbocycles. The number of rotatable bonds is 9. The van der Waals surface area contributed by atoms with E-state index in [4.69, 9.17) is 0 Å². The van der Waals surface area contributed by atoms with E-state index in [2.05, 4.69) is 34.6 Å². The van der Waals surface area contributed by atoms with E-state index in [1.54, 1.807) is 29.3 Å². The molecule has 26 heavy (non-hydrogen) atoms. The number of hydrogen-bond donors (Lipinski definition) is 0. The number of benzene rings is 1. The second-order valence-electron chi connectivity index (χ2n) is 5.92. The van der Waals surface area contributed by atoms with Crippen molar-refractivity contribution >= 4 is 29.0 Å². The van der Waals surface area contributed by atoms with Gasteiger partial charge in [0, 0.05) is 47.4 Å². The fourth-order valence-corrected chi connectivity index (χ4v) is 4.20. The molecular formula is C21H22N2OS2. The molecule has 0 aliphatic rings. The number of amides is 1. The predicted octanol–water partition coefficient (Wildman–Crippen LogP) is 4.90. The summed E-state index contributed by atoms with van der Waals surface area (Å²) >= 11 is 3.47. The Bertz CT molecular complexity index is 776. The molecule has 0 fully saturated rings. The number of aromatic nitrogens is 1. The standard InChI is InChI=1S/C21H22N2OS2/c24-21(11-15-26-19-7-2-1-3-8-19)23(13-10-20-9-5-14-25-20)17-18-6-4-12-22-16-18/h1-9,12,14,16H,10-11,13,15,17H2. The van der Waals surface area contributed by atoms with Crippen LogP contribution >= 0.6 is 23.1 Å². The van der Waals surface area contributed by atoms with E-state index < -0.39 is 0 Å². The molecular weight excluding hydrogens is 360 g/mol. The fraction of sp³-hybridized carbons (Fsp3) is 0.238. The molecule has 5 heteroatoms. The van der Waals surface area contributed by atoms with Crippen LogP contribution in [0, 0.1) is 0 Å². The molecule has 0 atom stereocenters. The number of hydrogen-bond acceptors (Lipinski definition) is 4. The lowest BCUT2D eigenvalue weighted by atomic mass is 10.2. The van der Waals surface area contributed by atoms with Crippen molar-refractivity contribution in [1.82, 2.24) is 9.88 Å². The molecule has 0 radical (unpaired) electrons. The Balaban J connectivity index is 1.56. The van der Waals surface area contributed by atoms with E-state index in [9.17, 15) is 4.79 Å². The monoisotopic (exact) mass is 382 g/mol. The van der Waals surface area contributed by atoms with Crippen LogP contribution in [0.4, 0.5) is 0 Å². The molecule has 0 N–H and O–H groups in total. The van der Waals surface area contributed by atoms with Crippen LogP contribution in [0.25, 0.3) is 0 Å². The SMILES string of the molecule is O=C(CCSc1ccccc1)N(CCc1cccs1)Cc1cccnc1. The van der Waals surface area contributed by atoms with Crippen molar-refractivity contribution < 1.29 is 4.79 Å². The third-order valence-electron chi connectivity index (χ3n) is 3.99. The summed E-state index contributed by atoms with van der Waals surface area (Å²) < 4.78 is 0. The van der Waals surface area contributed by atoms with Crippen LogP contribution in [0.1, 0.15) is 16.9 Å². The molecule has 1 aromatic carbocycles. The first-order chi connectivity index (χ1) is 12.8. The molecule has 0 bridgehead atoms. The van der Waals surface area contributed by atoms with Gasteiger partial charge in [0.1, 0.15) is 0 Å². The van der Waals surface area contributed by atoms with Gasteiger partial charge in [-0.3, -0.25) is 9.78 Å². The van der Waals surface area contributed by atoms with E-state index >= 15 is 0 Å². The minimum atomic E-state index is 0.203.